The summed E-state index contributed by atoms with van der Waals surface area (Å²) in [5, 5.41) is 0. The molecule has 0 radical (unpaired) electrons. The first-order valence-electron chi connectivity index (χ1n) is 29.3. The Morgan fingerprint density at radius 2 is 0.574 bits per heavy atom. The number of hydrogen-bond donors (Lipinski definition) is 0. The highest BCUT2D eigenvalue weighted by Gasteiger charge is 2.19. The first-order valence-corrected chi connectivity index (χ1v) is 29.3. The fourth-order valence-electron chi connectivity index (χ4n) is 8.37. The van der Waals surface area contributed by atoms with Gasteiger partial charge >= 0.3 is 17.9 Å². The molecule has 68 heavy (non-hydrogen) atoms. The van der Waals surface area contributed by atoms with Crippen molar-refractivity contribution in [1.82, 2.24) is 0 Å². The number of rotatable bonds is 53. The zero-order valence-electron chi connectivity index (χ0n) is 45.1. The van der Waals surface area contributed by atoms with Gasteiger partial charge in [0, 0.05) is 19.3 Å². The van der Waals surface area contributed by atoms with Gasteiger partial charge in [0.05, 0.1) is 0 Å². The summed E-state index contributed by atoms with van der Waals surface area (Å²) < 4.78 is 16.8. The van der Waals surface area contributed by atoms with Gasteiger partial charge in [0.2, 0.25) is 0 Å². The molecule has 0 heterocycles. The lowest BCUT2D eigenvalue weighted by Gasteiger charge is -2.18. The van der Waals surface area contributed by atoms with E-state index in [2.05, 4.69) is 81.5 Å². The van der Waals surface area contributed by atoms with Crippen LogP contribution in [0, 0.1) is 0 Å². The van der Waals surface area contributed by atoms with Crippen LogP contribution in [0.4, 0.5) is 0 Å². The average Bonchev–Trinajstić information content (AvgIpc) is 3.34. The largest absolute Gasteiger partial charge is 0.462 e. The van der Waals surface area contributed by atoms with Crippen molar-refractivity contribution in [3.8, 4) is 0 Å². The molecule has 0 aliphatic heterocycles. The molecule has 0 bridgehead atoms. The summed E-state index contributed by atoms with van der Waals surface area (Å²) in [6.45, 7) is 6.51. The van der Waals surface area contributed by atoms with Crippen LogP contribution in [0.1, 0.15) is 297 Å². The van der Waals surface area contributed by atoms with Crippen LogP contribution in [-0.2, 0) is 28.6 Å². The number of esters is 3. The van der Waals surface area contributed by atoms with E-state index in [1.165, 1.54) is 154 Å². The summed E-state index contributed by atoms with van der Waals surface area (Å²) >= 11 is 0. The van der Waals surface area contributed by atoms with E-state index >= 15 is 0 Å². The van der Waals surface area contributed by atoms with E-state index in [4.69, 9.17) is 14.2 Å². The summed E-state index contributed by atoms with van der Waals surface area (Å²) in [5.41, 5.74) is 0. The summed E-state index contributed by atoms with van der Waals surface area (Å²) in [4.78, 5) is 38.1. The van der Waals surface area contributed by atoms with Crippen LogP contribution in [-0.4, -0.2) is 37.2 Å². The first kappa shape index (κ1) is 65.1. The molecule has 1 atom stereocenters. The van der Waals surface area contributed by atoms with Gasteiger partial charge in [0.15, 0.2) is 6.10 Å². The number of carbonyl (C=O) groups is 3. The molecular formula is C62H110O6. The molecular weight excluding hydrogens is 841 g/mol. The van der Waals surface area contributed by atoms with Gasteiger partial charge < -0.3 is 14.2 Å². The standard InChI is InChI=1S/C62H110O6/c1-4-7-10-13-16-19-22-25-27-29-30-31-32-34-35-37-40-43-46-49-52-55-61(64)67-58-59(57-66-60(63)54-51-48-45-42-39-24-21-18-15-12-9-6-3)68-62(65)56-53-50-47-44-41-38-36-33-28-26-23-20-17-14-11-8-5-2/h8,11,17-18,20-21,26,28,36,38,59H,4-7,9-10,12-16,19,22-25,27,29-35,37,39-58H2,1-3H3/b11-8-,20-17-,21-18-,28-26-,38-36-. The van der Waals surface area contributed by atoms with E-state index in [-0.39, 0.29) is 31.1 Å². The Morgan fingerprint density at radius 3 is 0.941 bits per heavy atom. The van der Waals surface area contributed by atoms with Crippen molar-refractivity contribution < 1.29 is 28.6 Å². The van der Waals surface area contributed by atoms with Crippen LogP contribution >= 0.6 is 0 Å². The third-order valence-corrected chi connectivity index (χ3v) is 12.8. The molecule has 0 saturated heterocycles. The van der Waals surface area contributed by atoms with Crippen LogP contribution in [0.5, 0.6) is 0 Å². The van der Waals surface area contributed by atoms with E-state index in [9.17, 15) is 14.4 Å². The number of hydrogen-bond acceptors (Lipinski definition) is 6. The second-order valence-electron chi connectivity index (χ2n) is 19.5. The van der Waals surface area contributed by atoms with Gasteiger partial charge in [-0.05, 0) is 83.5 Å². The highest BCUT2D eigenvalue weighted by atomic mass is 16.6. The SMILES string of the molecule is CC/C=C\C/C=C\C/C=C\C/C=C\CCCCCCC(=O)OC(COC(=O)CCCCCCC/C=C\CCCCC)COC(=O)CCCCCCCCCCCCCCCCCCCCCCC. The second-order valence-corrected chi connectivity index (χ2v) is 19.5. The third kappa shape index (κ3) is 54.1. The van der Waals surface area contributed by atoms with Gasteiger partial charge in [0.1, 0.15) is 13.2 Å². The molecule has 0 spiro atoms. The van der Waals surface area contributed by atoms with Crippen LogP contribution in [0.25, 0.3) is 0 Å². The maximum absolute atomic E-state index is 12.8. The number of carbonyl (C=O) groups excluding carboxylic acids is 3. The lowest BCUT2D eigenvalue weighted by molar-refractivity contribution is -0.167. The summed E-state index contributed by atoms with van der Waals surface area (Å²) in [6.07, 6.45) is 70.8. The monoisotopic (exact) mass is 951 g/mol. The number of unbranched alkanes of at least 4 members (excludes halogenated alkanes) is 32. The lowest BCUT2D eigenvalue weighted by atomic mass is 10.0. The Balaban J connectivity index is 4.33. The molecule has 0 aromatic heterocycles. The van der Waals surface area contributed by atoms with Crippen LogP contribution < -0.4 is 0 Å². The molecule has 6 nitrogen and oxygen atoms in total. The summed E-state index contributed by atoms with van der Waals surface area (Å²) in [7, 11) is 0. The van der Waals surface area contributed by atoms with Crippen molar-refractivity contribution in [2.45, 2.75) is 303 Å². The van der Waals surface area contributed by atoms with Gasteiger partial charge in [-0.25, -0.2) is 0 Å². The minimum Gasteiger partial charge on any atom is -0.462 e. The van der Waals surface area contributed by atoms with E-state index in [1.54, 1.807) is 0 Å². The summed E-state index contributed by atoms with van der Waals surface area (Å²) in [6, 6.07) is 0. The quantitative estimate of drug-likeness (QED) is 0.0262. The van der Waals surface area contributed by atoms with E-state index in [0.717, 1.165) is 103 Å². The highest BCUT2D eigenvalue weighted by Crippen LogP contribution is 2.17. The minimum atomic E-state index is -0.789. The van der Waals surface area contributed by atoms with Gasteiger partial charge in [-0.1, -0.05) is 255 Å². The highest BCUT2D eigenvalue weighted by molar-refractivity contribution is 5.71. The van der Waals surface area contributed by atoms with Crippen molar-refractivity contribution in [1.29, 1.82) is 0 Å². The Hall–Kier alpha value is -2.89. The van der Waals surface area contributed by atoms with Crippen molar-refractivity contribution in [2.24, 2.45) is 0 Å². The molecule has 0 saturated carbocycles. The van der Waals surface area contributed by atoms with E-state index in [1.807, 2.05) is 0 Å². The zero-order valence-corrected chi connectivity index (χ0v) is 45.1. The van der Waals surface area contributed by atoms with Crippen molar-refractivity contribution in [3.05, 3.63) is 60.8 Å². The first-order chi connectivity index (χ1) is 33.5. The van der Waals surface area contributed by atoms with Gasteiger partial charge in [-0.2, -0.15) is 0 Å². The molecule has 0 rings (SSSR count). The van der Waals surface area contributed by atoms with E-state index < -0.39 is 6.10 Å². The van der Waals surface area contributed by atoms with Gasteiger partial charge in [-0.3, -0.25) is 14.4 Å². The van der Waals surface area contributed by atoms with Crippen molar-refractivity contribution >= 4 is 17.9 Å². The van der Waals surface area contributed by atoms with Crippen molar-refractivity contribution in [2.75, 3.05) is 13.2 Å². The zero-order chi connectivity index (χ0) is 49.3. The van der Waals surface area contributed by atoms with Crippen LogP contribution in [0.15, 0.2) is 60.8 Å². The molecule has 0 amide bonds. The van der Waals surface area contributed by atoms with Gasteiger partial charge in [-0.15, -0.1) is 0 Å². The van der Waals surface area contributed by atoms with Crippen molar-refractivity contribution in [3.63, 3.8) is 0 Å². The normalized spacial score (nSPS) is 12.5. The number of allylic oxidation sites excluding steroid dienone is 10. The molecule has 0 aromatic rings. The smallest absolute Gasteiger partial charge is 0.306 e. The molecule has 0 fully saturated rings. The van der Waals surface area contributed by atoms with Crippen LogP contribution in [0.3, 0.4) is 0 Å². The number of ether oxygens (including phenoxy) is 3. The fraction of sp³-hybridized carbons (Fsp3) is 0.790. The minimum absolute atomic E-state index is 0.0843. The summed E-state index contributed by atoms with van der Waals surface area (Å²) in [5.74, 6) is -0.906. The Morgan fingerprint density at radius 1 is 0.309 bits per heavy atom. The lowest BCUT2D eigenvalue weighted by Crippen LogP contribution is -2.30. The predicted molar refractivity (Wildman–Crippen MR) is 293 cm³/mol. The predicted octanol–water partition coefficient (Wildman–Crippen LogP) is 19.6. The molecule has 1 unspecified atom stereocenters. The second kappa shape index (κ2) is 56.7. The Labute approximate surface area is 421 Å². The van der Waals surface area contributed by atoms with E-state index in [0.29, 0.717) is 19.3 Å². The molecule has 0 aromatic carbocycles. The Bertz CT molecular complexity index is 1230. The molecule has 0 N–H and O–H groups in total. The van der Waals surface area contributed by atoms with Gasteiger partial charge in [0.25, 0.3) is 0 Å². The third-order valence-electron chi connectivity index (χ3n) is 12.8. The topological polar surface area (TPSA) is 78.9 Å². The molecule has 0 aliphatic rings. The molecule has 394 valence electrons. The Kier molecular flexibility index (Phi) is 54.3. The maximum atomic E-state index is 12.8. The molecule has 6 heteroatoms. The average molecular weight is 952 g/mol. The molecule has 0 aliphatic carbocycles. The maximum Gasteiger partial charge on any atom is 0.306 e. The fourth-order valence-corrected chi connectivity index (χ4v) is 8.37. The van der Waals surface area contributed by atoms with Crippen LogP contribution in [0.2, 0.25) is 0 Å².